The Hall–Kier alpha value is -1.27. The van der Waals surface area contributed by atoms with Crippen LogP contribution in [-0.2, 0) is 13.8 Å². The number of anilines is 1. The first-order valence-corrected chi connectivity index (χ1v) is 7.70. The van der Waals surface area contributed by atoms with Gasteiger partial charge in [-0.1, -0.05) is 6.92 Å². The van der Waals surface area contributed by atoms with Gasteiger partial charge in [0, 0.05) is 16.7 Å². The molecule has 1 aliphatic heterocycles. The van der Waals surface area contributed by atoms with Gasteiger partial charge in [-0.05, 0) is 25.0 Å². The summed E-state index contributed by atoms with van der Waals surface area (Å²) in [6, 6.07) is 2.88. The number of hydrogen-bond acceptors (Lipinski definition) is 4. The molecule has 1 heterocycles. The molecule has 1 aliphatic rings. The Morgan fingerprint density at radius 1 is 1.44 bits per heavy atom. The molecule has 0 saturated carbocycles. The number of aryl methyl sites for hydroxylation is 1. The van der Waals surface area contributed by atoms with E-state index in [0.29, 0.717) is 23.4 Å². The summed E-state index contributed by atoms with van der Waals surface area (Å²) in [6.07, 6.45) is -0.103. The molecule has 18 heavy (non-hydrogen) atoms. The van der Waals surface area contributed by atoms with Gasteiger partial charge in [0.1, 0.15) is 5.75 Å². The van der Waals surface area contributed by atoms with E-state index < -0.39 is 15.2 Å². The summed E-state index contributed by atoms with van der Waals surface area (Å²) in [6.45, 7) is 3.41. The van der Waals surface area contributed by atoms with Gasteiger partial charge in [-0.2, -0.15) is 0 Å². The molecule has 1 atom stereocenters. The maximum absolute atomic E-state index is 11.6. The second kappa shape index (κ2) is 4.44. The number of hydrogen-bond donors (Lipinski definition) is 1. The molecule has 0 saturated heterocycles. The third-order valence-corrected chi connectivity index (χ3v) is 4.19. The van der Waals surface area contributed by atoms with Crippen LogP contribution in [0.5, 0.6) is 5.75 Å². The Kier molecular flexibility index (Phi) is 3.25. The third-order valence-electron chi connectivity index (χ3n) is 2.73. The zero-order valence-electron chi connectivity index (χ0n) is 9.86. The lowest BCUT2D eigenvalue weighted by Gasteiger charge is -2.25. The summed E-state index contributed by atoms with van der Waals surface area (Å²) in [5, 5.41) is 2.68. The van der Waals surface area contributed by atoms with Crippen LogP contribution in [0.2, 0.25) is 0 Å². The second-order valence-corrected chi connectivity index (χ2v) is 6.59. The van der Waals surface area contributed by atoms with E-state index in [0.717, 1.165) is 0 Å². The van der Waals surface area contributed by atoms with Crippen LogP contribution in [0, 0.1) is 6.92 Å². The van der Waals surface area contributed by atoms with E-state index in [1.807, 2.05) is 6.92 Å². The van der Waals surface area contributed by atoms with Gasteiger partial charge in [0.15, 0.2) is 6.10 Å². The Morgan fingerprint density at radius 3 is 2.67 bits per heavy atom. The lowest BCUT2D eigenvalue weighted by atomic mass is 10.1. The highest BCUT2D eigenvalue weighted by Crippen LogP contribution is 2.35. The predicted molar refractivity (Wildman–Crippen MR) is 67.6 cm³/mol. The Labute approximate surface area is 110 Å². The lowest BCUT2D eigenvalue weighted by Crippen LogP contribution is -2.36. The van der Waals surface area contributed by atoms with Gasteiger partial charge >= 0.3 is 0 Å². The number of benzene rings is 1. The minimum atomic E-state index is -3.83. The molecule has 1 amide bonds. The molecule has 0 bridgehead atoms. The average molecular weight is 290 g/mol. The van der Waals surface area contributed by atoms with Crippen molar-refractivity contribution in [2.24, 2.45) is 0 Å². The van der Waals surface area contributed by atoms with E-state index in [1.54, 1.807) is 6.92 Å². The molecule has 1 aromatic carbocycles. The number of rotatable bonds is 2. The van der Waals surface area contributed by atoms with E-state index in [1.165, 1.54) is 12.1 Å². The van der Waals surface area contributed by atoms with Gasteiger partial charge in [0.25, 0.3) is 15.0 Å². The summed E-state index contributed by atoms with van der Waals surface area (Å²) in [5.41, 5.74) is 0.925. The van der Waals surface area contributed by atoms with E-state index in [-0.39, 0.29) is 10.8 Å². The highest BCUT2D eigenvalue weighted by Gasteiger charge is 2.28. The molecule has 1 N–H and O–H groups in total. The van der Waals surface area contributed by atoms with E-state index in [9.17, 15) is 13.2 Å². The van der Waals surface area contributed by atoms with Crippen LogP contribution >= 0.6 is 10.7 Å². The van der Waals surface area contributed by atoms with E-state index in [2.05, 4.69) is 5.32 Å². The quantitative estimate of drug-likeness (QED) is 0.846. The minimum absolute atomic E-state index is 0.00563. The smallest absolute Gasteiger partial charge is 0.265 e. The number of halogens is 1. The summed E-state index contributed by atoms with van der Waals surface area (Å²) < 4.78 is 28.2. The number of ether oxygens (including phenoxy) is 1. The third kappa shape index (κ3) is 2.30. The zero-order chi connectivity index (χ0) is 13.5. The van der Waals surface area contributed by atoms with Gasteiger partial charge in [-0.25, -0.2) is 8.42 Å². The van der Waals surface area contributed by atoms with Crippen LogP contribution in [-0.4, -0.2) is 20.4 Å². The van der Waals surface area contributed by atoms with Crippen molar-refractivity contribution in [3.8, 4) is 5.75 Å². The predicted octanol–water partition coefficient (Wildman–Crippen LogP) is 2.03. The number of carbonyl (C=O) groups is 1. The minimum Gasteiger partial charge on any atom is -0.478 e. The zero-order valence-corrected chi connectivity index (χ0v) is 11.4. The summed E-state index contributed by atoms with van der Waals surface area (Å²) >= 11 is 0. The molecule has 0 radical (unpaired) electrons. The van der Waals surface area contributed by atoms with Crippen LogP contribution in [0.3, 0.4) is 0 Å². The standard InChI is InChI=1S/C11H12ClNO4S/c1-3-8-11(14)13-7-4-6(2)10(18(12,15)16)5-9(7)17-8/h4-5,8H,3H2,1-2H3,(H,13,14). The molecule has 0 aliphatic carbocycles. The van der Waals surface area contributed by atoms with Crippen LogP contribution < -0.4 is 10.1 Å². The monoisotopic (exact) mass is 289 g/mol. The van der Waals surface area contributed by atoms with Crippen molar-refractivity contribution in [1.82, 2.24) is 0 Å². The van der Waals surface area contributed by atoms with Crippen LogP contribution in [0.15, 0.2) is 17.0 Å². The lowest BCUT2D eigenvalue weighted by molar-refractivity contribution is -0.123. The normalized spacial score (nSPS) is 18.8. The highest BCUT2D eigenvalue weighted by molar-refractivity contribution is 8.13. The fourth-order valence-corrected chi connectivity index (χ4v) is 3.01. The molecule has 2 rings (SSSR count). The molecule has 7 heteroatoms. The fraction of sp³-hybridized carbons (Fsp3) is 0.364. The van der Waals surface area contributed by atoms with E-state index >= 15 is 0 Å². The van der Waals surface area contributed by atoms with Gasteiger partial charge in [0.2, 0.25) is 0 Å². The molecular weight excluding hydrogens is 278 g/mol. The first-order valence-electron chi connectivity index (χ1n) is 5.39. The van der Waals surface area contributed by atoms with Crippen molar-refractivity contribution in [3.63, 3.8) is 0 Å². The van der Waals surface area contributed by atoms with Crippen LogP contribution in [0.4, 0.5) is 5.69 Å². The van der Waals surface area contributed by atoms with Crippen molar-refractivity contribution in [1.29, 1.82) is 0 Å². The van der Waals surface area contributed by atoms with Crippen molar-refractivity contribution in [2.45, 2.75) is 31.3 Å². The topological polar surface area (TPSA) is 72.5 Å². The van der Waals surface area contributed by atoms with Gasteiger partial charge in [-0.3, -0.25) is 4.79 Å². The van der Waals surface area contributed by atoms with Gasteiger partial charge in [0.05, 0.1) is 10.6 Å². The SMILES string of the molecule is CCC1Oc2cc(S(=O)(=O)Cl)c(C)cc2NC1=O. The fourth-order valence-electron chi connectivity index (χ4n) is 1.82. The van der Waals surface area contributed by atoms with Crippen molar-refractivity contribution in [2.75, 3.05) is 5.32 Å². The summed E-state index contributed by atoms with van der Waals surface area (Å²) in [7, 11) is 1.51. The number of amides is 1. The van der Waals surface area contributed by atoms with Gasteiger partial charge in [-0.15, -0.1) is 0 Å². The second-order valence-electron chi connectivity index (χ2n) is 4.06. The summed E-state index contributed by atoms with van der Waals surface area (Å²) in [5.74, 6) is 0.0946. The molecule has 0 aromatic heterocycles. The van der Waals surface area contributed by atoms with Crippen LogP contribution in [0.1, 0.15) is 18.9 Å². The van der Waals surface area contributed by atoms with E-state index in [4.69, 9.17) is 15.4 Å². The van der Waals surface area contributed by atoms with Crippen molar-refractivity contribution in [3.05, 3.63) is 17.7 Å². The summed E-state index contributed by atoms with van der Waals surface area (Å²) in [4.78, 5) is 11.6. The van der Waals surface area contributed by atoms with Gasteiger partial charge < -0.3 is 10.1 Å². The average Bonchev–Trinajstić information content (AvgIpc) is 2.26. The molecule has 5 nitrogen and oxygen atoms in total. The van der Waals surface area contributed by atoms with Crippen molar-refractivity contribution >= 4 is 31.3 Å². The molecule has 1 aromatic rings. The van der Waals surface area contributed by atoms with Crippen LogP contribution in [0.25, 0.3) is 0 Å². The molecule has 98 valence electrons. The Balaban J connectivity index is 2.53. The molecule has 1 unspecified atom stereocenters. The molecular formula is C11H12ClNO4S. The molecule has 0 fully saturated rings. The van der Waals surface area contributed by atoms with Crippen molar-refractivity contribution < 1.29 is 17.9 Å². The largest absolute Gasteiger partial charge is 0.478 e. The number of nitrogens with one attached hydrogen (secondary N) is 1. The molecule has 0 spiro atoms. The Bertz CT molecular complexity index is 612. The first kappa shape index (κ1) is 13.2. The number of fused-ring (bicyclic) bond motifs is 1. The number of carbonyl (C=O) groups excluding carboxylic acids is 1. The Morgan fingerprint density at radius 2 is 2.11 bits per heavy atom. The maximum atomic E-state index is 11.6. The first-order chi connectivity index (χ1) is 8.32. The maximum Gasteiger partial charge on any atom is 0.265 e. The highest BCUT2D eigenvalue weighted by atomic mass is 35.7.